The zero-order valence-corrected chi connectivity index (χ0v) is 10.8. The lowest BCUT2D eigenvalue weighted by Gasteiger charge is -2.07. The van der Waals surface area contributed by atoms with Crippen molar-refractivity contribution < 1.29 is 9.90 Å². The molecule has 100 valence electrons. The normalized spacial score (nSPS) is 11.2. The van der Waals surface area contributed by atoms with E-state index in [2.05, 4.69) is 15.2 Å². The minimum absolute atomic E-state index is 0.00352. The third kappa shape index (κ3) is 4.32. The van der Waals surface area contributed by atoms with E-state index in [1.165, 1.54) is 18.2 Å². The van der Waals surface area contributed by atoms with Gasteiger partial charge in [-0.05, 0) is 18.1 Å². The van der Waals surface area contributed by atoms with Gasteiger partial charge in [-0.25, -0.2) is 4.85 Å². The van der Waals surface area contributed by atoms with Crippen molar-refractivity contribution in [3.63, 3.8) is 0 Å². The van der Waals surface area contributed by atoms with Gasteiger partial charge in [0.1, 0.15) is 5.75 Å². The van der Waals surface area contributed by atoms with Crippen LogP contribution in [0.1, 0.15) is 24.2 Å². The van der Waals surface area contributed by atoms with Crippen molar-refractivity contribution in [2.24, 2.45) is 16.6 Å². The number of phenols is 1. The number of amides is 1. The highest BCUT2D eigenvalue weighted by atomic mass is 16.3. The first-order valence-electron chi connectivity index (χ1n) is 5.75. The molecular weight excluding hydrogens is 244 g/mol. The van der Waals surface area contributed by atoms with Crippen LogP contribution < -0.4 is 11.1 Å². The molecule has 0 aromatic heterocycles. The van der Waals surface area contributed by atoms with Crippen molar-refractivity contribution >= 4 is 17.6 Å². The van der Waals surface area contributed by atoms with Crippen LogP contribution >= 0.6 is 0 Å². The summed E-state index contributed by atoms with van der Waals surface area (Å²) in [6.45, 7) is 11.3. The Morgan fingerprint density at radius 3 is 2.84 bits per heavy atom. The maximum absolute atomic E-state index is 11.9. The van der Waals surface area contributed by atoms with Crippen LogP contribution in [0.2, 0.25) is 0 Å². The largest absolute Gasteiger partial charge is 0.507 e. The molecule has 4 N–H and O–H groups in total. The molecule has 0 saturated carbocycles. The molecule has 19 heavy (non-hydrogen) atoms. The third-order valence-corrected chi connectivity index (χ3v) is 2.22. The number of aromatic hydroxyl groups is 1. The van der Waals surface area contributed by atoms with E-state index in [1.807, 2.05) is 13.8 Å². The van der Waals surface area contributed by atoms with E-state index in [0.29, 0.717) is 12.5 Å². The lowest BCUT2D eigenvalue weighted by Crippen LogP contribution is -2.37. The summed E-state index contributed by atoms with van der Waals surface area (Å²) < 4.78 is 0. The first kappa shape index (κ1) is 14.5. The molecule has 1 aromatic carbocycles. The topological polar surface area (TPSA) is 92.1 Å². The van der Waals surface area contributed by atoms with Gasteiger partial charge in [0.2, 0.25) is 0 Å². The fraction of sp³-hybridized carbons (Fsp3) is 0.308. The minimum atomic E-state index is -0.590. The maximum Gasteiger partial charge on any atom is 0.260 e. The number of rotatable bonds is 3. The second kappa shape index (κ2) is 6.40. The standard InChI is InChI=1S/C13H16N4O2/c1-8(2)7-16-13(14)17-12(19)10-6-9(15-3)4-5-11(10)18/h4-6,8,18H,7H2,1-2H3,(H3,14,16,17,19). The summed E-state index contributed by atoms with van der Waals surface area (Å²) in [5.41, 5.74) is 5.82. The Morgan fingerprint density at radius 1 is 1.58 bits per heavy atom. The van der Waals surface area contributed by atoms with Crippen molar-refractivity contribution in [2.75, 3.05) is 6.54 Å². The van der Waals surface area contributed by atoms with Crippen LogP contribution in [0.5, 0.6) is 5.75 Å². The molecule has 0 unspecified atom stereocenters. The van der Waals surface area contributed by atoms with Crippen LogP contribution in [-0.4, -0.2) is 23.5 Å². The monoisotopic (exact) mass is 260 g/mol. The Bertz CT molecular complexity index is 544. The number of hydrogen-bond acceptors (Lipinski definition) is 3. The van der Waals surface area contributed by atoms with Crippen molar-refractivity contribution in [2.45, 2.75) is 13.8 Å². The molecule has 0 radical (unpaired) electrons. The number of carbonyl (C=O) groups is 1. The second-order valence-corrected chi connectivity index (χ2v) is 4.39. The van der Waals surface area contributed by atoms with E-state index < -0.39 is 5.91 Å². The minimum Gasteiger partial charge on any atom is -0.507 e. The van der Waals surface area contributed by atoms with Crippen LogP contribution in [0, 0.1) is 12.5 Å². The van der Waals surface area contributed by atoms with E-state index in [4.69, 9.17) is 12.3 Å². The van der Waals surface area contributed by atoms with Crippen LogP contribution in [0.3, 0.4) is 0 Å². The number of hydrogen-bond donors (Lipinski definition) is 3. The van der Waals surface area contributed by atoms with Gasteiger partial charge < -0.3 is 10.8 Å². The molecule has 0 heterocycles. The average Bonchev–Trinajstić information content (AvgIpc) is 2.36. The van der Waals surface area contributed by atoms with Gasteiger partial charge in [0, 0.05) is 6.54 Å². The number of guanidine groups is 1. The summed E-state index contributed by atoms with van der Waals surface area (Å²) in [5, 5.41) is 12.0. The van der Waals surface area contributed by atoms with Crippen molar-refractivity contribution in [3.05, 3.63) is 35.2 Å². The van der Waals surface area contributed by atoms with Gasteiger partial charge in [-0.1, -0.05) is 19.9 Å². The van der Waals surface area contributed by atoms with Crippen LogP contribution in [0.4, 0.5) is 5.69 Å². The smallest absolute Gasteiger partial charge is 0.260 e. The molecular formula is C13H16N4O2. The number of nitrogens with one attached hydrogen (secondary N) is 1. The van der Waals surface area contributed by atoms with Crippen LogP contribution in [-0.2, 0) is 0 Å². The molecule has 0 saturated heterocycles. The molecule has 0 atom stereocenters. The molecule has 1 rings (SSSR count). The molecule has 1 amide bonds. The summed E-state index contributed by atoms with van der Waals surface area (Å²) >= 11 is 0. The maximum atomic E-state index is 11.9. The lowest BCUT2D eigenvalue weighted by molar-refractivity contribution is 0.0974. The Balaban J connectivity index is 2.84. The van der Waals surface area contributed by atoms with Crippen molar-refractivity contribution in [3.8, 4) is 5.75 Å². The fourth-order valence-electron chi connectivity index (χ4n) is 1.28. The van der Waals surface area contributed by atoms with Gasteiger partial charge >= 0.3 is 0 Å². The zero-order valence-electron chi connectivity index (χ0n) is 10.8. The molecule has 0 bridgehead atoms. The van der Waals surface area contributed by atoms with Gasteiger partial charge in [0.15, 0.2) is 11.6 Å². The average molecular weight is 260 g/mol. The number of nitrogens with zero attached hydrogens (tertiary/aromatic N) is 2. The summed E-state index contributed by atoms with van der Waals surface area (Å²) in [6, 6.07) is 4.02. The van der Waals surface area contributed by atoms with Crippen LogP contribution in [0.15, 0.2) is 23.2 Å². The van der Waals surface area contributed by atoms with Gasteiger partial charge in [-0.15, -0.1) is 0 Å². The number of benzene rings is 1. The quantitative estimate of drug-likeness (QED) is 0.438. The summed E-state index contributed by atoms with van der Waals surface area (Å²) in [5.74, 6) is -0.477. The van der Waals surface area contributed by atoms with E-state index >= 15 is 0 Å². The van der Waals surface area contributed by atoms with E-state index in [-0.39, 0.29) is 23.0 Å². The Kier molecular flexibility index (Phi) is 4.89. The van der Waals surface area contributed by atoms with E-state index in [9.17, 15) is 9.90 Å². The lowest BCUT2D eigenvalue weighted by atomic mass is 10.1. The molecule has 0 aliphatic rings. The fourth-order valence-corrected chi connectivity index (χ4v) is 1.28. The summed E-state index contributed by atoms with van der Waals surface area (Å²) in [7, 11) is 0. The van der Waals surface area contributed by atoms with Gasteiger partial charge in [-0.3, -0.25) is 15.1 Å². The SMILES string of the molecule is [C-]#[N+]c1ccc(O)c(C(=O)NC(N)=NCC(C)C)c1. The summed E-state index contributed by atoms with van der Waals surface area (Å²) in [6.07, 6.45) is 0. The highest BCUT2D eigenvalue weighted by Crippen LogP contribution is 2.23. The van der Waals surface area contributed by atoms with E-state index in [1.54, 1.807) is 0 Å². The van der Waals surface area contributed by atoms with Crippen molar-refractivity contribution in [1.29, 1.82) is 0 Å². The molecule has 1 aromatic rings. The molecule has 0 fully saturated rings. The summed E-state index contributed by atoms with van der Waals surface area (Å²) in [4.78, 5) is 19.0. The molecule has 6 heteroatoms. The van der Waals surface area contributed by atoms with E-state index in [0.717, 1.165) is 0 Å². The first-order valence-corrected chi connectivity index (χ1v) is 5.75. The zero-order chi connectivity index (χ0) is 14.4. The number of phenolic OH excluding ortho intramolecular Hbond substituents is 1. The Morgan fingerprint density at radius 2 is 2.26 bits per heavy atom. The first-order chi connectivity index (χ1) is 8.93. The molecule has 0 spiro atoms. The molecule has 0 aliphatic heterocycles. The molecule has 0 aliphatic carbocycles. The number of carbonyl (C=O) groups excluding carboxylic acids is 1. The predicted octanol–water partition coefficient (Wildman–Crippen LogP) is 1.64. The van der Waals surface area contributed by atoms with Gasteiger partial charge in [0.25, 0.3) is 5.91 Å². The highest BCUT2D eigenvalue weighted by Gasteiger charge is 2.12. The third-order valence-electron chi connectivity index (χ3n) is 2.22. The van der Waals surface area contributed by atoms with Crippen LogP contribution in [0.25, 0.3) is 4.85 Å². The van der Waals surface area contributed by atoms with Crippen molar-refractivity contribution in [1.82, 2.24) is 5.32 Å². The predicted molar refractivity (Wildman–Crippen MR) is 73.2 cm³/mol. The second-order valence-electron chi connectivity index (χ2n) is 4.39. The van der Waals surface area contributed by atoms with Gasteiger partial charge in [-0.2, -0.15) is 0 Å². The Hall–Kier alpha value is -2.55. The number of nitrogens with two attached hydrogens (primary N) is 1. The van der Waals surface area contributed by atoms with Gasteiger partial charge in [0.05, 0.1) is 12.1 Å². The Labute approximate surface area is 111 Å². The molecule has 6 nitrogen and oxygen atoms in total. The highest BCUT2D eigenvalue weighted by molar-refractivity contribution is 6.07. The number of aliphatic imine (C=N–C) groups is 1.